The van der Waals surface area contributed by atoms with Gasteiger partial charge in [0.15, 0.2) is 0 Å². The topological polar surface area (TPSA) is 12.9 Å². The van der Waals surface area contributed by atoms with Gasteiger partial charge in [-0.15, -0.1) is 0 Å². The molecule has 0 radical (unpaired) electrons. The molecule has 0 N–H and O–H groups in total. The van der Waals surface area contributed by atoms with E-state index in [1.54, 1.807) is 5.56 Å². The van der Waals surface area contributed by atoms with Crippen molar-refractivity contribution in [2.75, 3.05) is 0 Å². The summed E-state index contributed by atoms with van der Waals surface area (Å²) in [6.45, 7) is 8.99. The minimum absolute atomic E-state index is 0.197. The normalized spacial score (nSPS) is 17.3. The van der Waals surface area contributed by atoms with Gasteiger partial charge in [0.05, 0.1) is 5.52 Å². The molecule has 0 atom stereocenters. The molecule has 0 amide bonds. The van der Waals surface area contributed by atoms with E-state index in [9.17, 15) is 0 Å². The first-order chi connectivity index (χ1) is 9.95. The number of rotatable bonds is 1. The quantitative estimate of drug-likeness (QED) is 0.635. The van der Waals surface area contributed by atoms with E-state index >= 15 is 0 Å². The molecule has 1 heteroatoms. The van der Waals surface area contributed by atoms with Gasteiger partial charge in [0, 0.05) is 11.1 Å². The zero-order valence-corrected chi connectivity index (χ0v) is 13.9. The Balaban J connectivity index is 2.16. The van der Waals surface area contributed by atoms with Crippen molar-refractivity contribution in [1.29, 1.82) is 0 Å². The van der Waals surface area contributed by atoms with Crippen molar-refractivity contribution in [2.45, 2.75) is 71.1 Å². The van der Waals surface area contributed by atoms with Crippen LogP contribution < -0.4 is 0 Å². The third-order valence-electron chi connectivity index (χ3n) is 4.88. The van der Waals surface area contributed by atoms with Gasteiger partial charge in [-0.1, -0.05) is 46.1 Å². The summed E-state index contributed by atoms with van der Waals surface area (Å²) in [6.07, 6.45) is 6.86. The van der Waals surface area contributed by atoms with E-state index in [1.807, 2.05) is 0 Å². The Bertz CT molecular complexity index is 643. The Hall–Kier alpha value is -1.37. The SMILES string of the molecule is Cc1cc(C2CCCCC2)c2cc(C(C)(C)C)ccc2n1. The van der Waals surface area contributed by atoms with Crippen LogP contribution in [-0.2, 0) is 5.41 Å². The fourth-order valence-corrected chi connectivity index (χ4v) is 3.61. The molecule has 0 aliphatic heterocycles. The Morgan fingerprint density at radius 3 is 2.38 bits per heavy atom. The number of nitrogens with zero attached hydrogens (tertiary/aromatic N) is 1. The van der Waals surface area contributed by atoms with Gasteiger partial charge in [-0.25, -0.2) is 0 Å². The molecule has 0 spiro atoms. The van der Waals surface area contributed by atoms with Crippen LogP contribution in [0.5, 0.6) is 0 Å². The maximum absolute atomic E-state index is 4.75. The van der Waals surface area contributed by atoms with Crippen LogP contribution >= 0.6 is 0 Å². The summed E-state index contributed by atoms with van der Waals surface area (Å²) in [4.78, 5) is 4.75. The zero-order valence-electron chi connectivity index (χ0n) is 13.9. The number of hydrogen-bond acceptors (Lipinski definition) is 1. The number of fused-ring (bicyclic) bond motifs is 1. The molecule has 0 bridgehead atoms. The Morgan fingerprint density at radius 2 is 1.71 bits per heavy atom. The first-order valence-corrected chi connectivity index (χ1v) is 8.37. The molecule has 3 rings (SSSR count). The van der Waals surface area contributed by atoms with Crippen LogP contribution in [0.2, 0.25) is 0 Å². The van der Waals surface area contributed by atoms with Crippen LogP contribution in [0.1, 0.15) is 75.6 Å². The van der Waals surface area contributed by atoms with Gasteiger partial charge in [-0.3, -0.25) is 4.98 Å². The summed E-state index contributed by atoms with van der Waals surface area (Å²) in [5.41, 5.74) is 5.49. The van der Waals surface area contributed by atoms with Gasteiger partial charge in [0.2, 0.25) is 0 Å². The fraction of sp³-hybridized carbons (Fsp3) is 0.550. The molecule has 1 fully saturated rings. The largest absolute Gasteiger partial charge is 0.253 e. The smallest absolute Gasteiger partial charge is 0.0708 e. The molecule has 2 aromatic rings. The molecular weight excluding hydrogens is 254 g/mol. The molecule has 112 valence electrons. The molecule has 21 heavy (non-hydrogen) atoms. The average molecular weight is 281 g/mol. The third-order valence-corrected chi connectivity index (χ3v) is 4.88. The van der Waals surface area contributed by atoms with E-state index in [0.717, 1.165) is 11.6 Å². The Labute approximate surface area is 128 Å². The van der Waals surface area contributed by atoms with Crippen molar-refractivity contribution in [3.63, 3.8) is 0 Å². The highest BCUT2D eigenvalue weighted by Gasteiger charge is 2.20. The predicted octanol–water partition coefficient (Wildman–Crippen LogP) is 5.89. The highest BCUT2D eigenvalue weighted by Crippen LogP contribution is 2.37. The van der Waals surface area contributed by atoms with Gasteiger partial charge in [0.25, 0.3) is 0 Å². The lowest BCUT2D eigenvalue weighted by molar-refractivity contribution is 0.445. The van der Waals surface area contributed by atoms with E-state index in [-0.39, 0.29) is 5.41 Å². The van der Waals surface area contributed by atoms with Crippen LogP contribution in [0.3, 0.4) is 0 Å². The maximum Gasteiger partial charge on any atom is 0.0708 e. The zero-order chi connectivity index (χ0) is 15.0. The predicted molar refractivity (Wildman–Crippen MR) is 91.0 cm³/mol. The first kappa shape index (κ1) is 14.6. The van der Waals surface area contributed by atoms with E-state index < -0.39 is 0 Å². The molecule has 1 aromatic carbocycles. The molecule has 1 aliphatic carbocycles. The van der Waals surface area contributed by atoms with E-state index in [0.29, 0.717) is 0 Å². The van der Waals surface area contributed by atoms with Crippen LogP contribution in [0, 0.1) is 6.92 Å². The molecule has 1 aliphatic rings. The van der Waals surface area contributed by atoms with Gasteiger partial charge in [0.1, 0.15) is 0 Å². The molecule has 1 nitrogen and oxygen atoms in total. The van der Waals surface area contributed by atoms with Crippen molar-refractivity contribution in [1.82, 2.24) is 4.98 Å². The van der Waals surface area contributed by atoms with Crippen molar-refractivity contribution in [3.05, 3.63) is 41.1 Å². The van der Waals surface area contributed by atoms with Gasteiger partial charge in [-0.2, -0.15) is 0 Å². The lowest BCUT2D eigenvalue weighted by atomic mass is 9.80. The minimum atomic E-state index is 0.197. The summed E-state index contributed by atoms with van der Waals surface area (Å²) >= 11 is 0. The lowest BCUT2D eigenvalue weighted by Crippen LogP contribution is -2.12. The average Bonchev–Trinajstić information content (AvgIpc) is 2.46. The Morgan fingerprint density at radius 1 is 1.00 bits per heavy atom. The third kappa shape index (κ3) is 2.97. The fourth-order valence-electron chi connectivity index (χ4n) is 3.61. The second kappa shape index (κ2) is 5.44. The monoisotopic (exact) mass is 281 g/mol. The lowest BCUT2D eigenvalue weighted by Gasteiger charge is -2.25. The van der Waals surface area contributed by atoms with E-state index in [2.05, 4.69) is 52.0 Å². The molecule has 0 unspecified atom stereocenters. The van der Waals surface area contributed by atoms with Crippen molar-refractivity contribution in [2.24, 2.45) is 0 Å². The summed E-state index contributed by atoms with van der Waals surface area (Å²) in [5, 5.41) is 1.39. The second-order valence-corrected chi connectivity index (χ2v) is 7.67. The molecule has 0 saturated heterocycles. The highest BCUT2D eigenvalue weighted by molar-refractivity contribution is 5.84. The van der Waals surface area contributed by atoms with Crippen molar-refractivity contribution in [3.8, 4) is 0 Å². The molecule has 1 heterocycles. The second-order valence-electron chi connectivity index (χ2n) is 7.67. The summed E-state index contributed by atoms with van der Waals surface area (Å²) in [6, 6.07) is 9.20. The van der Waals surface area contributed by atoms with Gasteiger partial charge in [-0.05, 0) is 60.4 Å². The summed E-state index contributed by atoms with van der Waals surface area (Å²) in [5.74, 6) is 0.734. The highest BCUT2D eigenvalue weighted by atomic mass is 14.7. The minimum Gasteiger partial charge on any atom is -0.253 e. The van der Waals surface area contributed by atoms with Gasteiger partial charge >= 0.3 is 0 Å². The van der Waals surface area contributed by atoms with E-state index in [4.69, 9.17) is 4.98 Å². The standard InChI is InChI=1S/C20H27N/c1-14-12-17(15-8-6-5-7-9-15)18-13-16(20(2,3)4)10-11-19(18)21-14/h10-13,15H,5-9H2,1-4H3. The van der Waals surface area contributed by atoms with Crippen LogP contribution in [0.15, 0.2) is 24.3 Å². The van der Waals surface area contributed by atoms with Crippen molar-refractivity contribution >= 4 is 10.9 Å². The van der Waals surface area contributed by atoms with Crippen LogP contribution in [-0.4, -0.2) is 4.98 Å². The number of aryl methyl sites for hydroxylation is 1. The van der Waals surface area contributed by atoms with E-state index in [1.165, 1.54) is 48.6 Å². The number of hydrogen-bond donors (Lipinski definition) is 0. The molecule has 1 saturated carbocycles. The first-order valence-electron chi connectivity index (χ1n) is 8.37. The summed E-state index contributed by atoms with van der Waals surface area (Å²) < 4.78 is 0. The molecule has 1 aromatic heterocycles. The maximum atomic E-state index is 4.75. The number of pyridine rings is 1. The van der Waals surface area contributed by atoms with Gasteiger partial charge < -0.3 is 0 Å². The summed E-state index contributed by atoms with van der Waals surface area (Å²) in [7, 11) is 0. The molecular formula is C20H27N. The number of aromatic nitrogens is 1. The van der Waals surface area contributed by atoms with Crippen molar-refractivity contribution < 1.29 is 0 Å². The van der Waals surface area contributed by atoms with Crippen LogP contribution in [0.25, 0.3) is 10.9 Å². The van der Waals surface area contributed by atoms with Crippen LogP contribution in [0.4, 0.5) is 0 Å². The Kier molecular flexibility index (Phi) is 3.77. The number of benzene rings is 1.